The van der Waals surface area contributed by atoms with E-state index in [1.165, 1.54) is 29.6 Å². The topological polar surface area (TPSA) is 63.7 Å². The molecule has 0 amide bonds. The summed E-state index contributed by atoms with van der Waals surface area (Å²) in [5, 5.41) is 0.216. The van der Waals surface area contributed by atoms with Gasteiger partial charge >= 0.3 is 0 Å². The second-order valence-corrected chi connectivity index (χ2v) is 8.10. The molecule has 0 saturated carbocycles. The van der Waals surface area contributed by atoms with Crippen LogP contribution in [-0.2, 0) is 10.0 Å². The molecule has 1 saturated heterocycles. The van der Waals surface area contributed by atoms with Gasteiger partial charge in [-0.05, 0) is 31.0 Å². The lowest BCUT2D eigenvalue weighted by molar-refractivity contribution is 0.0918. The van der Waals surface area contributed by atoms with E-state index in [1.807, 2.05) is 6.07 Å². The number of hydrogen-bond acceptors (Lipinski definition) is 4. The number of carbonyl (C=O) groups excluding carboxylic acids is 1. The second-order valence-electron chi connectivity index (χ2n) is 5.80. The first-order valence-corrected chi connectivity index (χ1v) is 9.71. The molecule has 132 valence electrons. The smallest absolute Gasteiger partial charge is 0.243 e. The number of Topliss-reactive ketones (excluding diaryl/α,β-unsaturated/α-hetero) is 1. The van der Waals surface area contributed by atoms with E-state index in [2.05, 4.69) is 0 Å². The number of methoxy groups -OCH3 is 1. The molecule has 0 radical (unpaired) electrons. The first kappa shape index (κ1) is 17.9. The predicted molar refractivity (Wildman–Crippen MR) is 95.7 cm³/mol. The van der Waals surface area contributed by atoms with Crippen LogP contribution in [0.2, 0.25) is 5.02 Å². The molecule has 1 unspecified atom stereocenters. The molecule has 1 aliphatic rings. The number of carbonyl (C=O) groups is 1. The van der Waals surface area contributed by atoms with Crippen molar-refractivity contribution < 1.29 is 17.9 Å². The maximum Gasteiger partial charge on any atom is 0.243 e. The number of rotatable bonds is 5. The van der Waals surface area contributed by atoms with Gasteiger partial charge in [-0.25, -0.2) is 8.42 Å². The molecular weight excluding hydrogens is 362 g/mol. The summed E-state index contributed by atoms with van der Waals surface area (Å²) in [7, 11) is -2.35. The molecule has 1 heterocycles. The fourth-order valence-corrected chi connectivity index (χ4v) is 5.03. The van der Waals surface area contributed by atoms with Gasteiger partial charge in [0.05, 0.1) is 23.1 Å². The quantitative estimate of drug-likeness (QED) is 0.747. The zero-order valence-electron chi connectivity index (χ0n) is 13.7. The van der Waals surface area contributed by atoms with E-state index in [9.17, 15) is 13.2 Å². The van der Waals surface area contributed by atoms with Gasteiger partial charge in [0.1, 0.15) is 5.75 Å². The van der Waals surface area contributed by atoms with Gasteiger partial charge < -0.3 is 4.74 Å². The van der Waals surface area contributed by atoms with Gasteiger partial charge in [0.25, 0.3) is 0 Å². The zero-order chi connectivity index (χ0) is 18.0. The minimum atomic E-state index is -3.82. The molecule has 2 aromatic rings. The Morgan fingerprint density at radius 2 is 1.92 bits per heavy atom. The van der Waals surface area contributed by atoms with Gasteiger partial charge in [0.15, 0.2) is 5.78 Å². The van der Waals surface area contributed by atoms with Gasteiger partial charge in [-0.1, -0.05) is 41.9 Å². The Morgan fingerprint density at radius 1 is 1.20 bits per heavy atom. The number of ketones is 1. The summed E-state index contributed by atoms with van der Waals surface area (Å²) in [6.45, 7) is 0.315. The van der Waals surface area contributed by atoms with E-state index in [0.717, 1.165) is 0 Å². The van der Waals surface area contributed by atoms with Gasteiger partial charge in [-0.2, -0.15) is 4.31 Å². The average molecular weight is 380 g/mol. The summed E-state index contributed by atoms with van der Waals surface area (Å²) >= 11 is 6.06. The van der Waals surface area contributed by atoms with E-state index in [4.69, 9.17) is 16.3 Å². The van der Waals surface area contributed by atoms with Crippen molar-refractivity contribution in [3.63, 3.8) is 0 Å². The van der Waals surface area contributed by atoms with Crippen LogP contribution in [0.25, 0.3) is 0 Å². The third-order valence-electron chi connectivity index (χ3n) is 4.29. The van der Waals surface area contributed by atoms with E-state index in [0.29, 0.717) is 30.7 Å². The minimum Gasteiger partial charge on any atom is -0.495 e. The molecule has 2 aromatic carbocycles. The van der Waals surface area contributed by atoms with Crippen LogP contribution >= 0.6 is 11.6 Å². The Kier molecular flexibility index (Phi) is 5.13. The zero-order valence-corrected chi connectivity index (χ0v) is 15.3. The lowest BCUT2D eigenvalue weighted by Crippen LogP contribution is -2.40. The molecule has 1 fully saturated rings. The third-order valence-corrected chi connectivity index (χ3v) is 6.49. The van der Waals surface area contributed by atoms with Crippen LogP contribution in [0.15, 0.2) is 53.4 Å². The van der Waals surface area contributed by atoms with Crippen molar-refractivity contribution in [3.8, 4) is 5.75 Å². The Hall–Kier alpha value is -1.89. The summed E-state index contributed by atoms with van der Waals surface area (Å²) in [5.41, 5.74) is 0.516. The van der Waals surface area contributed by atoms with Crippen LogP contribution in [-0.4, -0.2) is 38.2 Å². The number of ether oxygens (including phenoxy) is 1. The maximum absolute atomic E-state index is 13.0. The SMILES string of the molecule is COc1ccc(S(=O)(=O)N2CCCC2C(=O)c2ccccc2)cc1Cl. The fourth-order valence-electron chi connectivity index (χ4n) is 3.03. The number of halogens is 1. The first-order chi connectivity index (χ1) is 11.9. The number of nitrogens with zero attached hydrogens (tertiary/aromatic N) is 1. The first-order valence-electron chi connectivity index (χ1n) is 7.90. The van der Waals surface area contributed by atoms with Crippen molar-refractivity contribution in [1.29, 1.82) is 0 Å². The standard InChI is InChI=1S/C18H18ClNO4S/c1-24-17-10-9-14(12-15(17)19)25(22,23)20-11-5-8-16(20)18(21)13-6-3-2-4-7-13/h2-4,6-7,9-10,12,16H,5,8,11H2,1H3. The average Bonchev–Trinajstić information content (AvgIpc) is 3.12. The molecule has 1 aliphatic heterocycles. The number of hydrogen-bond donors (Lipinski definition) is 0. The van der Waals surface area contributed by atoms with Crippen LogP contribution in [0.1, 0.15) is 23.2 Å². The molecule has 0 spiro atoms. The van der Waals surface area contributed by atoms with Crippen LogP contribution in [0.3, 0.4) is 0 Å². The van der Waals surface area contributed by atoms with Crippen LogP contribution in [0, 0.1) is 0 Å². The van der Waals surface area contributed by atoms with E-state index >= 15 is 0 Å². The molecule has 3 rings (SSSR count). The van der Waals surface area contributed by atoms with E-state index in [1.54, 1.807) is 24.3 Å². The molecule has 0 aliphatic carbocycles. The van der Waals surface area contributed by atoms with Crippen molar-refractivity contribution in [1.82, 2.24) is 4.31 Å². The van der Waals surface area contributed by atoms with Crippen molar-refractivity contribution in [3.05, 3.63) is 59.1 Å². The summed E-state index contributed by atoms with van der Waals surface area (Å²) in [5.74, 6) is 0.222. The normalized spacial score (nSPS) is 18.2. The van der Waals surface area contributed by atoms with Crippen molar-refractivity contribution in [2.24, 2.45) is 0 Å². The Bertz CT molecular complexity index is 883. The Balaban J connectivity index is 1.93. The highest BCUT2D eigenvalue weighted by Gasteiger charge is 2.39. The van der Waals surface area contributed by atoms with Gasteiger partial charge in [0, 0.05) is 12.1 Å². The summed E-state index contributed by atoms with van der Waals surface area (Å²) in [6.07, 6.45) is 1.16. The van der Waals surface area contributed by atoms with Crippen LogP contribution in [0.5, 0.6) is 5.75 Å². The number of benzene rings is 2. The Morgan fingerprint density at radius 3 is 2.56 bits per heavy atom. The van der Waals surface area contributed by atoms with Gasteiger partial charge in [0.2, 0.25) is 10.0 Å². The number of sulfonamides is 1. The molecule has 1 atom stereocenters. The fraction of sp³-hybridized carbons (Fsp3) is 0.278. The third kappa shape index (κ3) is 3.42. The Labute approximate surface area is 152 Å². The maximum atomic E-state index is 13.0. The highest BCUT2D eigenvalue weighted by atomic mass is 35.5. The van der Waals surface area contributed by atoms with Crippen LogP contribution < -0.4 is 4.74 Å². The van der Waals surface area contributed by atoms with Gasteiger partial charge in [-0.15, -0.1) is 0 Å². The van der Waals surface area contributed by atoms with Crippen molar-refractivity contribution >= 4 is 27.4 Å². The highest BCUT2D eigenvalue weighted by molar-refractivity contribution is 7.89. The molecular formula is C18H18ClNO4S. The summed E-state index contributed by atoms with van der Waals surface area (Å²) in [6, 6.07) is 12.4. The highest BCUT2D eigenvalue weighted by Crippen LogP contribution is 2.32. The van der Waals surface area contributed by atoms with Crippen molar-refractivity contribution in [2.45, 2.75) is 23.8 Å². The predicted octanol–water partition coefficient (Wildman–Crippen LogP) is 3.38. The van der Waals surface area contributed by atoms with E-state index < -0.39 is 16.1 Å². The minimum absolute atomic E-state index is 0.0612. The lowest BCUT2D eigenvalue weighted by atomic mass is 10.0. The molecule has 0 N–H and O–H groups in total. The molecule has 25 heavy (non-hydrogen) atoms. The lowest BCUT2D eigenvalue weighted by Gasteiger charge is -2.23. The molecule has 0 aromatic heterocycles. The van der Waals surface area contributed by atoms with Crippen molar-refractivity contribution in [2.75, 3.05) is 13.7 Å². The largest absolute Gasteiger partial charge is 0.495 e. The molecule has 5 nitrogen and oxygen atoms in total. The second kappa shape index (κ2) is 7.15. The molecule has 7 heteroatoms. The molecule has 0 bridgehead atoms. The monoisotopic (exact) mass is 379 g/mol. The van der Waals surface area contributed by atoms with Gasteiger partial charge in [-0.3, -0.25) is 4.79 Å². The summed E-state index contributed by atoms with van der Waals surface area (Å²) < 4.78 is 32.4. The van der Waals surface area contributed by atoms with E-state index in [-0.39, 0.29) is 15.7 Å². The summed E-state index contributed by atoms with van der Waals surface area (Å²) in [4.78, 5) is 12.8. The van der Waals surface area contributed by atoms with Crippen LogP contribution in [0.4, 0.5) is 0 Å².